The van der Waals surface area contributed by atoms with Gasteiger partial charge >= 0.3 is 0 Å². The van der Waals surface area contributed by atoms with Crippen molar-refractivity contribution in [2.24, 2.45) is 11.5 Å². The monoisotopic (exact) mass is 114 g/mol. The van der Waals surface area contributed by atoms with Crippen molar-refractivity contribution in [3.05, 3.63) is 11.8 Å². The minimum atomic E-state index is 0.230. The van der Waals surface area contributed by atoms with Gasteiger partial charge in [0.05, 0.1) is 0 Å². The van der Waals surface area contributed by atoms with Gasteiger partial charge in [0.25, 0.3) is 0 Å². The minimum Gasteiger partial charge on any atom is -0.403 e. The van der Waals surface area contributed by atoms with Crippen LogP contribution in [-0.4, -0.2) is 6.04 Å². The Morgan fingerprint density at radius 2 is 2.25 bits per heavy atom. The van der Waals surface area contributed by atoms with Crippen LogP contribution in [0, 0.1) is 0 Å². The van der Waals surface area contributed by atoms with Crippen LogP contribution in [0.15, 0.2) is 11.8 Å². The van der Waals surface area contributed by atoms with E-state index in [-0.39, 0.29) is 6.04 Å². The lowest BCUT2D eigenvalue weighted by Crippen LogP contribution is -2.13. The molecule has 1 unspecified atom stereocenters. The molecule has 2 nitrogen and oxygen atoms in total. The lowest BCUT2D eigenvalue weighted by molar-refractivity contribution is 0.753. The molecule has 0 aromatic carbocycles. The molecule has 0 aromatic heterocycles. The van der Waals surface area contributed by atoms with Crippen molar-refractivity contribution in [3.63, 3.8) is 0 Å². The van der Waals surface area contributed by atoms with Gasteiger partial charge in [0.2, 0.25) is 0 Å². The van der Waals surface area contributed by atoms with Crippen molar-refractivity contribution in [2.45, 2.75) is 26.3 Å². The fourth-order valence-corrected chi connectivity index (χ4v) is 0.372. The third kappa shape index (κ3) is 5.50. The van der Waals surface area contributed by atoms with E-state index >= 15 is 0 Å². The third-order valence-corrected chi connectivity index (χ3v) is 0.812. The predicted octanol–water partition coefficient (Wildman–Crippen LogP) is 0.586. The highest BCUT2D eigenvalue weighted by molar-refractivity contribution is 4.92. The molecule has 48 valence electrons. The van der Waals surface area contributed by atoms with Crippen molar-refractivity contribution in [3.8, 4) is 0 Å². The summed E-state index contributed by atoms with van der Waals surface area (Å²) < 4.78 is 0. The fraction of sp³-hybridized carbons (Fsp3) is 0.667. The van der Waals surface area contributed by atoms with Gasteiger partial charge in [0, 0.05) is 11.7 Å². The van der Waals surface area contributed by atoms with E-state index in [1.54, 1.807) is 0 Å². The van der Waals surface area contributed by atoms with E-state index in [0.717, 1.165) is 12.1 Å². The van der Waals surface area contributed by atoms with E-state index in [9.17, 15) is 0 Å². The topological polar surface area (TPSA) is 52.0 Å². The zero-order chi connectivity index (χ0) is 6.57. The molecule has 0 fully saturated rings. The molecule has 0 saturated heterocycles. The molecule has 0 aliphatic heterocycles. The Balaban J connectivity index is 3.29. The van der Waals surface area contributed by atoms with Gasteiger partial charge in [-0.3, -0.25) is 0 Å². The standard InChI is InChI=1S/C6H14N2/c1-5(7)3-4-6(2)8/h3,6H,4,7-8H2,1-2H3/b5-3-. The summed E-state index contributed by atoms with van der Waals surface area (Å²) >= 11 is 0. The Morgan fingerprint density at radius 1 is 1.75 bits per heavy atom. The molecule has 0 aliphatic carbocycles. The number of nitrogens with two attached hydrogens (primary N) is 2. The molecular weight excluding hydrogens is 100 g/mol. The van der Waals surface area contributed by atoms with E-state index in [2.05, 4.69) is 0 Å². The average molecular weight is 114 g/mol. The summed E-state index contributed by atoms with van der Waals surface area (Å²) in [5.41, 5.74) is 11.6. The summed E-state index contributed by atoms with van der Waals surface area (Å²) in [7, 11) is 0. The first-order chi connectivity index (χ1) is 3.63. The van der Waals surface area contributed by atoms with Crippen LogP contribution in [0.25, 0.3) is 0 Å². The first-order valence-corrected chi connectivity index (χ1v) is 2.80. The zero-order valence-corrected chi connectivity index (χ0v) is 5.52. The normalized spacial score (nSPS) is 16.1. The lowest BCUT2D eigenvalue weighted by Gasteiger charge is -1.97. The van der Waals surface area contributed by atoms with Crippen LogP contribution in [-0.2, 0) is 0 Å². The third-order valence-electron chi connectivity index (χ3n) is 0.812. The van der Waals surface area contributed by atoms with Gasteiger partial charge in [-0.15, -0.1) is 0 Å². The van der Waals surface area contributed by atoms with E-state index < -0.39 is 0 Å². The first-order valence-electron chi connectivity index (χ1n) is 2.80. The highest BCUT2D eigenvalue weighted by Gasteiger charge is 1.86. The van der Waals surface area contributed by atoms with Crippen molar-refractivity contribution >= 4 is 0 Å². The second-order valence-corrected chi connectivity index (χ2v) is 2.16. The van der Waals surface area contributed by atoms with Crippen LogP contribution < -0.4 is 11.5 Å². The second kappa shape index (κ2) is 3.50. The number of hydrogen-bond acceptors (Lipinski definition) is 2. The van der Waals surface area contributed by atoms with E-state index in [1.165, 1.54) is 0 Å². The molecule has 1 atom stereocenters. The average Bonchev–Trinajstić information content (AvgIpc) is 1.61. The number of rotatable bonds is 2. The molecule has 0 amide bonds. The van der Waals surface area contributed by atoms with Crippen LogP contribution >= 0.6 is 0 Å². The summed E-state index contributed by atoms with van der Waals surface area (Å²) in [5.74, 6) is 0. The largest absolute Gasteiger partial charge is 0.403 e. The molecule has 0 saturated carbocycles. The number of hydrogen-bond donors (Lipinski definition) is 2. The maximum Gasteiger partial charge on any atom is 0.00457 e. The summed E-state index contributed by atoms with van der Waals surface area (Å²) in [4.78, 5) is 0. The van der Waals surface area contributed by atoms with Gasteiger partial charge in [-0.1, -0.05) is 6.08 Å². The molecule has 8 heavy (non-hydrogen) atoms. The van der Waals surface area contributed by atoms with Crippen molar-refractivity contribution in [1.82, 2.24) is 0 Å². The Bertz CT molecular complexity index is 80.5. The van der Waals surface area contributed by atoms with Gasteiger partial charge in [0.15, 0.2) is 0 Å². The van der Waals surface area contributed by atoms with Crippen LogP contribution in [0.4, 0.5) is 0 Å². The first kappa shape index (κ1) is 7.50. The van der Waals surface area contributed by atoms with E-state index in [0.29, 0.717) is 0 Å². The van der Waals surface area contributed by atoms with Gasteiger partial charge in [-0.05, 0) is 20.3 Å². The number of allylic oxidation sites excluding steroid dienone is 1. The summed E-state index contributed by atoms with van der Waals surface area (Å²) in [6, 6.07) is 0.230. The van der Waals surface area contributed by atoms with Gasteiger partial charge in [-0.25, -0.2) is 0 Å². The summed E-state index contributed by atoms with van der Waals surface area (Å²) in [6.45, 7) is 3.82. The Labute approximate surface area is 50.6 Å². The molecular formula is C6H14N2. The van der Waals surface area contributed by atoms with Crippen LogP contribution in [0.5, 0.6) is 0 Å². The SMILES string of the molecule is C/C(N)=C/CC(C)N. The molecule has 4 N–H and O–H groups in total. The molecule has 0 heterocycles. The molecule has 0 aliphatic rings. The highest BCUT2D eigenvalue weighted by Crippen LogP contribution is 1.89. The van der Waals surface area contributed by atoms with E-state index in [4.69, 9.17) is 11.5 Å². The van der Waals surface area contributed by atoms with E-state index in [1.807, 2.05) is 19.9 Å². The predicted molar refractivity (Wildman–Crippen MR) is 36.2 cm³/mol. The van der Waals surface area contributed by atoms with Gasteiger partial charge in [0.1, 0.15) is 0 Å². The Hall–Kier alpha value is -0.500. The summed E-state index contributed by atoms with van der Waals surface area (Å²) in [6.07, 6.45) is 2.81. The minimum absolute atomic E-state index is 0.230. The molecule has 0 bridgehead atoms. The maximum atomic E-state index is 5.44. The Morgan fingerprint density at radius 3 is 2.38 bits per heavy atom. The molecule has 0 rings (SSSR count). The molecule has 0 spiro atoms. The molecule has 0 radical (unpaired) electrons. The van der Waals surface area contributed by atoms with Gasteiger partial charge in [-0.2, -0.15) is 0 Å². The molecule has 2 heteroatoms. The van der Waals surface area contributed by atoms with Gasteiger partial charge < -0.3 is 11.5 Å². The van der Waals surface area contributed by atoms with Crippen LogP contribution in [0.3, 0.4) is 0 Å². The maximum absolute atomic E-state index is 5.44. The highest BCUT2D eigenvalue weighted by atomic mass is 14.6. The van der Waals surface area contributed by atoms with Crippen molar-refractivity contribution in [1.29, 1.82) is 0 Å². The van der Waals surface area contributed by atoms with Crippen LogP contribution in [0.1, 0.15) is 20.3 Å². The fourth-order valence-electron chi connectivity index (χ4n) is 0.372. The smallest absolute Gasteiger partial charge is 0.00457 e. The van der Waals surface area contributed by atoms with Crippen LogP contribution in [0.2, 0.25) is 0 Å². The Kier molecular flexibility index (Phi) is 3.28. The zero-order valence-electron chi connectivity index (χ0n) is 5.52. The van der Waals surface area contributed by atoms with Crippen molar-refractivity contribution in [2.75, 3.05) is 0 Å². The second-order valence-electron chi connectivity index (χ2n) is 2.16. The quantitative estimate of drug-likeness (QED) is 0.552. The molecule has 0 aromatic rings. The van der Waals surface area contributed by atoms with Crippen molar-refractivity contribution < 1.29 is 0 Å². The summed E-state index contributed by atoms with van der Waals surface area (Å²) in [5, 5.41) is 0. The lowest BCUT2D eigenvalue weighted by atomic mass is 10.2.